The highest BCUT2D eigenvalue weighted by molar-refractivity contribution is 6.13. The molecule has 8 nitrogen and oxygen atoms in total. The third kappa shape index (κ3) is 4.32. The number of aromatic amines is 1. The van der Waals surface area contributed by atoms with Crippen LogP contribution in [0.1, 0.15) is 39.3 Å². The molecule has 0 atom stereocenters. The molecular weight excluding hydrogens is 374 g/mol. The van der Waals surface area contributed by atoms with Gasteiger partial charge in [-0.25, -0.2) is 0 Å². The monoisotopic (exact) mass is 397 g/mol. The molecule has 1 aromatic carbocycles. The van der Waals surface area contributed by atoms with E-state index < -0.39 is 0 Å². The van der Waals surface area contributed by atoms with E-state index in [1.807, 2.05) is 0 Å². The van der Waals surface area contributed by atoms with Crippen molar-refractivity contribution in [3.63, 3.8) is 0 Å². The number of benzene rings is 1. The molecule has 0 spiro atoms. The molecule has 1 aliphatic heterocycles. The van der Waals surface area contributed by atoms with E-state index in [0.717, 1.165) is 18.5 Å². The van der Waals surface area contributed by atoms with Gasteiger partial charge in [0.25, 0.3) is 11.8 Å². The van der Waals surface area contributed by atoms with Crippen LogP contribution in [0.2, 0.25) is 0 Å². The summed E-state index contributed by atoms with van der Waals surface area (Å²) < 4.78 is 10.8. The molecule has 2 aromatic rings. The number of Topliss-reactive ketones (excluding diaryl/α,β-unsaturated/α-hetero) is 1. The van der Waals surface area contributed by atoms with Crippen molar-refractivity contribution in [3.05, 3.63) is 47.3 Å². The van der Waals surface area contributed by atoms with Crippen molar-refractivity contribution in [2.24, 2.45) is 0 Å². The van der Waals surface area contributed by atoms with Gasteiger partial charge in [0.1, 0.15) is 5.75 Å². The van der Waals surface area contributed by atoms with Crippen LogP contribution >= 0.6 is 0 Å². The van der Waals surface area contributed by atoms with Gasteiger partial charge in [0, 0.05) is 37.1 Å². The van der Waals surface area contributed by atoms with Crippen LogP contribution in [0.5, 0.6) is 5.75 Å². The molecule has 1 aromatic heterocycles. The van der Waals surface area contributed by atoms with Gasteiger partial charge in [-0.05, 0) is 37.1 Å². The number of amides is 2. The fourth-order valence-electron chi connectivity index (χ4n) is 3.59. The molecule has 1 aliphatic carbocycles. The van der Waals surface area contributed by atoms with Gasteiger partial charge in [0.2, 0.25) is 0 Å². The van der Waals surface area contributed by atoms with Crippen molar-refractivity contribution in [1.82, 2.24) is 9.88 Å². The van der Waals surface area contributed by atoms with Gasteiger partial charge < -0.3 is 24.7 Å². The Labute approximate surface area is 168 Å². The van der Waals surface area contributed by atoms with E-state index in [1.165, 1.54) is 0 Å². The number of aromatic nitrogens is 1. The Hall–Kier alpha value is -3.13. The Bertz CT molecular complexity index is 913. The third-order valence-electron chi connectivity index (χ3n) is 5.15. The topological polar surface area (TPSA) is 101 Å². The van der Waals surface area contributed by atoms with Crippen molar-refractivity contribution in [1.29, 1.82) is 0 Å². The highest BCUT2D eigenvalue weighted by Crippen LogP contribution is 2.25. The maximum absolute atomic E-state index is 12.6. The maximum Gasteiger partial charge on any atom is 0.260 e. The van der Waals surface area contributed by atoms with Gasteiger partial charge in [-0.1, -0.05) is 0 Å². The molecule has 152 valence electrons. The second-order valence-electron chi connectivity index (χ2n) is 7.09. The standard InChI is InChI=1S/C21H23N3O5/c25-18-3-1-2-17-20(18)16(12-22-17)21(27)23-14-4-6-15(7-5-14)29-13-19(26)24-8-10-28-11-9-24/h4-7,12,22H,1-3,8-11,13H2,(H,23,27). The van der Waals surface area contributed by atoms with Crippen LogP contribution in [-0.2, 0) is 16.0 Å². The SMILES string of the molecule is O=C(Nc1ccc(OCC(=O)N2CCOCC2)cc1)c1c[nH]c2c1C(=O)CCC2. The summed E-state index contributed by atoms with van der Waals surface area (Å²) in [6.45, 7) is 2.23. The lowest BCUT2D eigenvalue weighted by Gasteiger charge is -2.26. The van der Waals surface area contributed by atoms with Crippen molar-refractivity contribution in [3.8, 4) is 5.75 Å². The number of H-pyrrole nitrogens is 1. The van der Waals surface area contributed by atoms with Crippen molar-refractivity contribution in [2.45, 2.75) is 19.3 Å². The highest BCUT2D eigenvalue weighted by atomic mass is 16.5. The predicted molar refractivity (Wildman–Crippen MR) is 105 cm³/mol. The van der Waals surface area contributed by atoms with E-state index in [1.54, 1.807) is 35.4 Å². The first-order valence-electron chi connectivity index (χ1n) is 9.75. The first kappa shape index (κ1) is 19.2. The number of anilines is 1. The Morgan fingerprint density at radius 2 is 1.90 bits per heavy atom. The van der Waals surface area contributed by atoms with Crippen LogP contribution in [0, 0.1) is 0 Å². The smallest absolute Gasteiger partial charge is 0.260 e. The second-order valence-corrected chi connectivity index (χ2v) is 7.09. The molecule has 0 saturated carbocycles. The van der Waals surface area contributed by atoms with Gasteiger partial charge >= 0.3 is 0 Å². The molecule has 0 unspecified atom stereocenters. The molecule has 1 fully saturated rings. The van der Waals surface area contributed by atoms with E-state index in [-0.39, 0.29) is 24.2 Å². The average Bonchev–Trinajstić information content (AvgIpc) is 3.19. The first-order chi connectivity index (χ1) is 14.1. The van der Waals surface area contributed by atoms with Gasteiger partial charge in [-0.3, -0.25) is 14.4 Å². The summed E-state index contributed by atoms with van der Waals surface area (Å²) in [5.74, 6) is 0.145. The zero-order chi connectivity index (χ0) is 20.2. The zero-order valence-electron chi connectivity index (χ0n) is 16.0. The Balaban J connectivity index is 1.34. The summed E-state index contributed by atoms with van der Waals surface area (Å²) >= 11 is 0. The molecule has 1 saturated heterocycles. The van der Waals surface area contributed by atoms with Crippen molar-refractivity contribution in [2.75, 3.05) is 38.2 Å². The molecule has 2 amide bonds. The average molecular weight is 397 g/mol. The molecule has 4 rings (SSSR count). The van der Waals surface area contributed by atoms with Crippen LogP contribution in [-0.4, -0.2) is 60.4 Å². The summed E-state index contributed by atoms with van der Waals surface area (Å²) in [6.07, 6.45) is 3.66. The quantitative estimate of drug-likeness (QED) is 0.804. The minimum atomic E-state index is -0.325. The van der Waals surface area contributed by atoms with Crippen LogP contribution in [0.4, 0.5) is 5.69 Å². The molecule has 0 bridgehead atoms. The number of hydrogen-bond donors (Lipinski definition) is 2. The molecule has 2 N–H and O–H groups in total. The number of hydrogen-bond acceptors (Lipinski definition) is 5. The van der Waals surface area contributed by atoms with E-state index in [9.17, 15) is 14.4 Å². The van der Waals surface area contributed by atoms with Crippen LogP contribution < -0.4 is 10.1 Å². The van der Waals surface area contributed by atoms with E-state index in [4.69, 9.17) is 9.47 Å². The molecule has 2 heterocycles. The maximum atomic E-state index is 12.6. The minimum Gasteiger partial charge on any atom is -0.484 e. The summed E-state index contributed by atoms with van der Waals surface area (Å²) in [4.78, 5) is 41.6. The molecule has 2 aliphatic rings. The molecule has 0 radical (unpaired) electrons. The summed E-state index contributed by atoms with van der Waals surface area (Å²) in [7, 11) is 0. The number of carbonyl (C=O) groups excluding carboxylic acids is 3. The number of fused-ring (bicyclic) bond motifs is 1. The fraction of sp³-hybridized carbons (Fsp3) is 0.381. The number of ether oxygens (including phenoxy) is 2. The largest absolute Gasteiger partial charge is 0.484 e. The summed E-state index contributed by atoms with van der Waals surface area (Å²) in [5.41, 5.74) is 2.30. The first-order valence-corrected chi connectivity index (χ1v) is 9.75. The highest BCUT2D eigenvalue weighted by Gasteiger charge is 2.25. The van der Waals surface area contributed by atoms with Crippen LogP contribution in [0.15, 0.2) is 30.5 Å². The lowest BCUT2D eigenvalue weighted by atomic mass is 9.93. The van der Waals surface area contributed by atoms with Gasteiger partial charge in [-0.2, -0.15) is 0 Å². The third-order valence-corrected chi connectivity index (χ3v) is 5.15. The van der Waals surface area contributed by atoms with Crippen LogP contribution in [0.3, 0.4) is 0 Å². The van der Waals surface area contributed by atoms with E-state index in [0.29, 0.717) is 55.3 Å². The van der Waals surface area contributed by atoms with E-state index >= 15 is 0 Å². The zero-order valence-corrected chi connectivity index (χ0v) is 16.0. The van der Waals surface area contributed by atoms with Gasteiger partial charge in [0.05, 0.1) is 24.3 Å². The summed E-state index contributed by atoms with van der Waals surface area (Å²) in [5, 5.41) is 2.80. The Morgan fingerprint density at radius 1 is 1.14 bits per heavy atom. The minimum absolute atomic E-state index is 0.00586. The lowest BCUT2D eigenvalue weighted by molar-refractivity contribution is -0.137. The number of nitrogens with one attached hydrogen (secondary N) is 2. The number of rotatable bonds is 5. The van der Waals surface area contributed by atoms with Crippen LogP contribution in [0.25, 0.3) is 0 Å². The Morgan fingerprint density at radius 3 is 2.66 bits per heavy atom. The number of carbonyl (C=O) groups is 3. The van der Waals surface area contributed by atoms with Gasteiger partial charge in [-0.15, -0.1) is 0 Å². The molecule has 29 heavy (non-hydrogen) atoms. The molecular formula is C21H23N3O5. The normalized spacial score (nSPS) is 16.3. The number of aryl methyl sites for hydroxylation is 1. The van der Waals surface area contributed by atoms with E-state index in [2.05, 4.69) is 10.3 Å². The van der Waals surface area contributed by atoms with Crippen molar-refractivity contribution >= 4 is 23.3 Å². The number of morpholine rings is 1. The van der Waals surface area contributed by atoms with Crippen molar-refractivity contribution < 1.29 is 23.9 Å². The summed E-state index contributed by atoms with van der Waals surface area (Å²) in [6, 6.07) is 6.79. The predicted octanol–water partition coefficient (Wildman–Crippen LogP) is 2.02. The number of nitrogens with zero attached hydrogens (tertiary/aromatic N) is 1. The van der Waals surface area contributed by atoms with Gasteiger partial charge in [0.15, 0.2) is 12.4 Å². The lowest BCUT2D eigenvalue weighted by Crippen LogP contribution is -2.42. The number of ketones is 1. The fourth-order valence-corrected chi connectivity index (χ4v) is 3.59. The Kier molecular flexibility index (Phi) is 5.62. The molecule has 8 heteroatoms. The second kappa shape index (κ2) is 8.48.